The van der Waals surface area contributed by atoms with Crippen LogP contribution in [0.5, 0.6) is 0 Å². The Morgan fingerprint density at radius 3 is 2.75 bits per heavy atom. The average molecular weight is 300 g/mol. The van der Waals surface area contributed by atoms with Crippen LogP contribution in [0.1, 0.15) is 44.0 Å². The van der Waals surface area contributed by atoms with Gasteiger partial charge >= 0.3 is 0 Å². The molecule has 7 heteroatoms. The summed E-state index contributed by atoms with van der Waals surface area (Å²) in [5.41, 5.74) is -0.409. The smallest absolute Gasteiger partial charge is 0.300 e. The Hall–Kier alpha value is -1.69. The lowest BCUT2D eigenvalue weighted by Crippen LogP contribution is -2.34. The van der Waals surface area contributed by atoms with E-state index < -0.39 is 10.8 Å². The van der Waals surface area contributed by atoms with Gasteiger partial charge in [-0.05, 0) is 25.3 Å². The lowest BCUT2D eigenvalue weighted by molar-refractivity contribution is -0.385. The van der Waals surface area contributed by atoms with E-state index in [0.29, 0.717) is 5.92 Å². The first-order valence-corrected chi connectivity index (χ1v) is 6.83. The molecule has 0 aliphatic carbocycles. The van der Waals surface area contributed by atoms with E-state index >= 15 is 0 Å². The van der Waals surface area contributed by atoms with Crippen molar-refractivity contribution < 1.29 is 9.72 Å². The van der Waals surface area contributed by atoms with Crippen molar-refractivity contribution in [1.29, 1.82) is 0 Å². The third-order valence-corrected chi connectivity index (χ3v) is 3.33. The van der Waals surface area contributed by atoms with Crippen molar-refractivity contribution in [2.45, 2.75) is 39.7 Å². The fourth-order valence-corrected chi connectivity index (χ4v) is 2.04. The van der Waals surface area contributed by atoms with Gasteiger partial charge in [0.2, 0.25) is 0 Å². The second kappa shape index (κ2) is 7.19. The second-order valence-corrected chi connectivity index (χ2v) is 5.29. The minimum Gasteiger partial charge on any atom is -0.349 e. The predicted molar refractivity (Wildman–Crippen MR) is 76.9 cm³/mol. The van der Waals surface area contributed by atoms with Gasteiger partial charge in [-0.25, -0.2) is 4.98 Å². The van der Waals surface area contributed by atoms with Gasteiger partial charge in [-0.1, -0.05) is 31.9 Å². The van der Waals surface area contributed by atoms with Gasteiger partial charge in [0, 0.05) is 6.04 Å². The molecule has 1 rings (SSSR count). The number of nitrogens with one attached hydrogen (secondary N) is 1. The molecule has 0 saturated carbocycles. The minimum absolute atomic E-state index is 0.0512. The van der Waals surface area contributed by atoms with Crippen molar-refractivity contribution in [3.8, 4) is 0 Å². The van der Waals surface area contributed by atoms with Gasteiger partial charge in [-0.15, -0.1) is 0 Å². The molecule has 1 aromatic heterocycles. The van der Waals surface area contributed by atoms with Crippen LogP contribution < -0.4 is 5.32 Å². The van der Waals surface area contributed by atoms with Crippen LogP contribution in [0.3, 0.4) is 0 Å². The van der Waals surface area contributed by atoms with E-state index in [0.717, 1.165) is 19.0 Å². The fourth-order valence-electron chi connectivity index (χ4n) is 1.88. The SMILES string of the molecule is CCC(C)CC(C)NC(=O)c1cc(Cl)ncc1[N+](=O)[O-]. The Labute approximate surface area is 122 Å². The second-order valence-electron chi connectivity index (χ2n) is 4.90. The molecule has 2 unspecified atom stereocenters. The number of rotatable bonds is 6. The molecule has 0 saturated heterocycles. The number of hydrogen-bond acceptors (Lipinski definition) is 4. The highest BCUT2D eigenvalue weighted by atomic mass is 35.5. The third-order valence-electron chi connectivity index (χ3n) is 3.12. The topological polar surface area (TPSA) is 85.1 Å². The van der Waals surface area contributed by atoms with Gasteiger partial charge in [0.25, 0.3) is 11.6 Å². The summed E-state index contributed by atoms with van der Waals surface area (Å²) < 4.78 is 0. The molecule has 0 aliphatic rings. The van der Waals surface area contributed by atoms with Gasteiger partial charge in [-0.2, -0.15) is 0 Å². The number of aromatic nitrogens is 1. The molecule has 0 aromatic carbocycles. The minimum atomic E-state index is -0.641. The molecule has 110 valence electrons. The number of halogens is 1. The highest BCUT2D eigenvalue weighted by molar-refractivity contribution is 6.29. The number of pyridine rings is 1. The zero-order valence-corrected chi connectivity index (χ0v) is 12.5. The average Bonchev–Trinajstić information content (AvgIpc) is 2.37. The van der Waals surface area contributed by atoms with Crippen molar-refractivity contribution in [2.24, 2.45) is 5.92 Å². The van der Waals surface area contributed by atoms with Gasteiger partial charge in [-0.3, -0.25) is 14.9 Å². The van der Waals surface area contributed by atoms with Gasteiger partial charge in [0.1, 0.15) is 16.9 Å². The van der Waals surface area contributed by atoms with E-state index in [1.54, 1.807) is 0 Å². The van der Waals surface area contributed by atoms with Gasteiger partial charge in [0.05, 0.1) is 4.92 Å². The predicted octanol–water partition coefficient (Wildman–Crippen LogP) is 3.20. The number of carbonyl (C=O) groups excluding carboxylic acids is 1. The van der Waals surface area contributed by atoms with Crippen LogP contribution in [0.25, 0.3) is 0 Å². The number of nitrogens with zero attached hydrogens (tertiary/aromatic N) is 2. The van der Waals surface area contributed by atoms with Crippen molar-refractivity contribution in [3.05, 3.63) is 33.1 Å². The van der Waals surface area contributed by atoms with E-state index in [4.69, 9.17) is 11.6 Å². The van der Waals surface area contributed by atoms with Crippen LogP contribution >= 0.6 is 11.6 Å². The zero-order valence-electron chi connectivity index (χ0n) is 11.7. The lowest BCUT2D eigenvalue weighted by Gasteiger charge is -2.17. The first kappa shape index (κ1) is 16.4. The van der Waals surface area contributed by atoms with Crippen molar-refractivity contribution >= 4 is 23.2 Å². The van der Waals surface area contributed by atoms with Gasteiger partial charge in [0.15, 0.2) is 0 Å². The summed E-state index contributed by atoms with van der Waals surface area (Å²) in [5, 5.41) is 13.7. The van der Waals surface area contributed by atoms with Gasteiger partial charge < -0.3 is 5.32 Å². The Bertz CT molecular complexity index is 508. The molecule has 1 heterocycles. The molecule has 0 fully saturated rings. The molecular weight excluding hydrogens is 282 g/mol. The summed E-state index contributed by atoms with van der Waals surface area (Å²) in [5.74, 6) is -0.0295. The first-order chi connectivity index (χ1) is 9.35. The maximum atomic E-state index is 12.1. The van der Waals surface area contributed by atoms with E-state index in [1.165, 1.54) is 6.07 Å². The van der Waals surface area contributed by atoms with Crippen LogP contribution in [0.4, 0.5) is 5.69 Å². The number of carbonyl (C=O) groups is 1. The third kappa shape index (κ3) is 4.45. The van der Waals surface area contributed by atoms with Crippen LogP contribution in [0, 0.1) is 16.0 Å². The number of amides is 1. The standard InChI is InChI=1S/C13H18ClN3O3/c1-4-8(2)5-9(3)16-13(18)10-6-12(14)15-7-11(10)17(19)20/h6-9H,4-5H2,1-3H3,(H,16,18). The molecular formula is C13H18ClN3O3. The van der Waals surface area contributed by atoms with Crippen LogP contribution in [0.2, 0.25) is 5.15 Å². The quantitative estimate of drug-likeness (QED) is 0.496. The van der Waals surface area contributed by atoms with E-state index in [1.807, 2.05) is 6.92 Å². The maximum absolute atomic E-state index is 12.1. The summed E-state index contributed by atoms with van der Waals surface area (Å²) in [6.07, 6.45) is 2.83. The van der Waals surface area contributed by atoms with Crippen LogP contribution in [-0.2, 0) is 0 Å². The Balaban J connectivity index is 2.86. The normalized spacial score (nSPS) is 13.6. The highest BCUT2D eigenvalue weighted by Gasteiger charge is 2.22. The molecule has 0 aliphatic heterocycles. The molecule has 0 spiro atoms. The van der Waals surface area contributed by atoms with Crippen molar-refractivity contribution in [1.82, 2.24) is 10.3 Å². The highest BCUT2D eigenvalue weighted by Crippen LogP contribution is 2.20. The summed E-state index contributed by atoms with van der Waals surface area (Å²) in [4.78, 5) is 26.0. The molecule has 1 aromatic rings. The van der Waals surface area contributed by atoms with Crippen LogP contribution in [0.15, 0.2) is 12.3 Å². The maximum Gasteiger partial charge on any atom is 0.300 e. The van der Waals surface area contributed by atoms with Crippen LogP contribution in [-0.4, -0.2) is 21.9 Å². The number of nitro groups is 1. The lowest BCUT2D eigenvalue weighted by atomic mass is 10.00. The molecule has 20 heavy (non-hydrogen) atoms. The number of hydrogen-bond donors (Lipinski definition) is 1. The van der Waals surface area contributed by atoms with Crippen molar-refractivity contribution in [3.63, 3.8) is 0 Å². The Kier molecular flexibility index (Phi) is 5.88. The Morgan fingerprint density at radius 2 is 2.20 bits per heavy atom. The first-order valence-electron chi connectivity index (χ1n) is 6.45. The molecule has 0 radical (unpaired) electrons. The zero-order chi connectivity index (χ0) is 15.3. The largest absolute Gasteiger partial charge is 0.349 e. The Morgan fingerprint density at radius 1 is 1.55 bits per heavy atom. The monoisotopic (exact) mass is 299 g/mol. The molecule has 2 atom stereocenters. The molecule has 1 amide bonds. The fraction of sp³-hybridized carbons (Fsp3) is 0.538. The van der Waals surface area contributed by atoms with E-state index in [-0.39, 0.29) is 22.4 Å². The summed E-state index contributed by atoms with van der Waals surface area (Å²) in [7, 11) is 0. The van der Waals surface area contributed by atoms with E-state index in [9.17, 15) is 14.9 Å². The summed E-state index contributed by atoms with van der Waals surface area (Å²) >= 11 is 5.70. The van der Waals surface area contributed by atoms with E-state index in [2.05, 4.69) is 24.1 Å². The summed E-state index contributed by atoms with van der Waals surface area (Å²) in [6, 6.07) is 1.15. The molecule has 1 N–H and O–H groups in total. The van der Waals surface area contributed by atoms with Crippen molar-refractivity contribution in [2.75, 3.05) is 0 Å². The molecule has 0 bridgehead atoms. The molecule has 6 nitrogen and oxygen atoms in total. The summed E-state index contributed by atoms with van der Waals surface area (Å²) in [6.45, 7) is 6.04.